The molecule has 18 heavy (non-hydrogen) atoms. The van der Waals surface area contributed by atoms with Crippen molar-refractivity contribution < 1.29 is 9.66 Å². The van der Waals surface area contributed by atoms with Crippen LogP contribution in [0.25, 0.3) is 0 Å². The molecule has 92 valence electrons. The van der Waals surface area contributed by atoms with Gasteiger partial charge >= 0.3 is 5.69 Å². The van der Waals surface area contributed by atoms with Gasteiger partial charge in [0.25, 0.3) is 0 Å². The van der Waals surface area contributed by atoms with E-state index in [1.54, 1.807) is 36.4 Å². The van der Waals surface area contributed by atoms with Gasteiger partial charge in [-0.25, -0.2) is 4.98 Å². The van der Waals surface area contributed by atoms with Crippen molar-refractivity contribution in [2.24, 2.45) is 0 Å². The van der Waals surface area contributed by atoms with Crippen LogP contribution in [0.3, 0.4) is 0 Å². The lowest BCUT2D eigenvalue weighted by Crippen LogP contribution is -2.00. The number of nitrogens with zero attached hydrogens (tertiary/aromatic N) is 2. The van der Waals surface area contributed by atoms with Gasteiger partial charge in [0.2, 0.25) is 0 Å². The van der Waals surface area contributed by atoms with Crippen LogP contribution in [0.15, 0.2) is 42.5 Å². The summed E-state index contributed by atoms with van der Waals surface area (Å²) in [6, 6.07) is 11.3. The smallest absolute Gasteiger partial charge is 0.310 e. The molecule has 0 bridgehead atoms. The summed E-state index contributed by atoms with van der Waals surface area (Å²) < 4.78 is 5.38. The van der Waals surface area contributed by atoms with Crippen molar-refractivity contribution in [3.63, 3.8) is 0 Å². The van der Waals surface area contributed by atoms with Gasteiger partial charge < -0.3 is 4.74 Å². The lowest BCUT2D eigenvalue weighted by atomic mass is 10.3. The molecule has 0 spiro atoms. The number of hydrogen-bond acceptors (Lipinski definition) is 4. The number of ether oxygens (including phenoxy) is 1. The van der Waals surface area contributed by atoms with Crippen LogP contribution in [0.2, 0.25) is 5.15 Å². The predicted molar refractivity (Wildman–Crippen MR) is 66.7 cm³/mol. The van der Waals surface area contributed by atoms with E-state index in [1.807, 2.05) is 0 Å². The number of hydrogen-bond donors (Lipinski definition) is 0. The summed E-state index contributed by atoms with van der Waals surface area (Å²) >= 11 is 5.73. The van der Waals surface area contributed by atoms with E-state index in [-0.39, 0.29) is 18.0 Å². The largest absolute Gasteiger partial charge is 0.480 e. The van der Waals surface area contributed by atoms with E-state index in [0.29, 0.717) is 10.8 Å². The molecule has 0 aliphatic rings. The molecule has 0 aliphatic carbocycles. The van der Waals surface area contributed by atoms with Crippen LogP contribution >= 0.6 is 11.6 Å². The molecule has 0 saturated carbocycles. The molecule has 0 radical (unpaired) electrons. The zero-order chi connectivity index (χ0) is 13.0. The highest BCUT2D eigenvalue weighted by molar-refractivity contribution is 6.29. The first kappa shape index (κ1) is 12.3. The molecule has 1 aromatic carbocycles. The summed E-state index contributed by atoms with van der Waals surface area (Å²) in [7, 11) is 0. The van der Waals surface area contributed by atoms with Crippen LogP contribution in [-0.2, 0) is 6.61 Å². The molecule has 5 nitrogen and oxygen atoms in total. The maximum absolute atomic E-state index is 10.8. The van der Waals surface area contributed by atoms with Crippen LogP contribution in [0.4, 0.5) is 5.69 Å². The first-order chi connectivity index (χ1) is 8.66. The number of para-hydroxylation sites is 2. The van der Waals surface area contributed by atoms with E-state index in [9.17, 15) is 10.1 Å². The summed E-state index contributed by atoms with van der Waals surface area (Å²) in [5.74, 6) is 0.212. The van der Waals surface area contributed by atoms with Crippen LogP contribution in [0.5, 0.6) is 5.75 Å². The minimum absolute atomic E-state index is 0.0699. The van der Waals surface area contributed by atoms with Crippen molar-refractivity contribution in [1.29, 1.82) is 0 Å². The summed E-state index contributed by atoms with van der Waals surface area (Å²) in [4.78, 5) is 14.3. The Labute approximate surface area is 108 Å². The van der Waals surface area contributed by atoms with Gasteiger partial charge in [-0.1, -0.05) is 29.8 Å². The standard InChI is InChI=1S/C12H9ClN2O3/c13-12-7-3-4-9(14-12)8-18-11-6-2-1-5-10(11)15(16)17/h1-7H,8H2. The molecular formula is C12H9ClN2O3. The second kappa shape index (κ2) is 5.46. The van der Waals surface area contributed by atoms with Gasteiger partial charge in [-0.3, -0.25) is 10.1 Å². The van der Waals surface area contributed by atoms with Crippen molar-refractivity contribution in [2.45, 2.75) is 6.61 Å². The quantitative estimate of drug-likeness (QED) is 0.483. The van der Waals surface area contributed by atoms with Gasteiger partial charge in [-0.05, 0) is 18.2 Å². The monoisotopic (exact) mass is 264 g/mol. The molecular weight excluding hydrogens is 256 g/mol. The fraction of sp³-hybridized carbons (Fsp3) is 0.0833. The third kappa shape index (κ3) is 2.95. The third-order valence-electron chi connectivity index (χ3n) is 2.21. The van der Waals surface area contributed by atoms with Crippen LogP contribution in [0.1, 0.15) is 5.69 Å². The summed E-state index contributed by atoms with van der Waals surface area (Å²) in [6.07, 6.45) is 0. The molecule has 0 aliphatic heterocycles. The van der Waals surface area contributed by atoms with Crippen LogP contribution in [0, 0.1) is 10.1 Å². The molecule has 0 saturated heterocycles. The van der Waals surface area contributed by atoms with E-state index >= 15 is 0 Å². The second-order valence-electron chi connectivity index (χ2n) is 3.47. The number of nitro benzene ring substituents is 1. The minimum Gasteiger partial charge on any atom is -0.480 e. The Morgan fingerprint density at radius 2 is 2.00 bits per heavy atom. The van der Waals surface area contributed by atoms with E-state index in [2.05, 4.69) is 4.98 Å². The molecule has 2 aromatic rings. The van der Waals surface area contributed by atoms with Crippen LogP contribution < -0.4 is 4.74 Å². The molecule has 0 unspecified atom stereocenters. The Morgan fingerprint density at radius 1 is 1.22 bits per heavy atom. The van der Waals surface area contributed by atoms with Gasteiger partial charge in [-0.2, -0.15) is 0 Å². The van der Waals surface area contributed by atoms with Crippen molar-refractivity contribution in [3.8, 4) is 5.75 Å². The molecule has 0 N–H and O–H groups in total. The van der Waals surface area contributed by atoms with E-state index in [4.69, 9.17) is 16.3 Å². The van der Waals surface area contributed by atoms with E-state index in [1.165, 1.54) is 6.07 Å². The zero-order valence-corrected chi connectivity index (χ0v) is 10.0. The lowest BCUT2D eigenvalue weighted by Gasteiger charge is -2.06. The average Bonchev–Trinajstić information content (AvgIpc) is 2.37. The predicted octanol–water partition coefficient (Wildman–Crippen LogP) is 3.22. The van der Waals surface area contributed by atoms with Crippen molar-refractivity contribution >= 4 is 17.3 Å². The number of halogens is 1. The maximum atomic E-state index is 10.8. The second-order valence-corrected chi connectivity index (χ2v) is 3.85. The molecule has 2 rings (SSSR count). The molecule has 6 heteroatoms. The SMILES string of the molecule is O=[N+]([O-])c1ccccc1OCc1cccc(Cl)n1. The first-order valence-electron chi connectivity index (χ1n) is 5.14. The van der Waals surface area contributed by atoms with E-state index < -0.39 is 4.92 Å². The van der Waals surface area contributed by atoms with Crippen molar-refractivity contribution in [1.82, 2.24) is 4.98 Å². The van der Waals surface area contributed by atoms with Crippen molar-refractivity contribution in [2.75, 3.05) is 0 Å². The highest BCUT2D eigenvalue weighted by atomic mass is 35.5. The fourth-order valence-electron chi connectivity index (χ4n) is 1.41. The first-order valence-corrected chi connectivity index (χ1v) is 5.52. The Balaban J connectivity index is 2.13. The molecule has 1 heterocycles. The number of rotatable bonds is 4. The summed E-state index contributed by atoms with van der Waals surface area (Å²) in [6.45, 7) is 0.130. The maximum Gasteiger partial charge on any atom is 0.310 e. The van der Waals surface area contributed by atoms with Gasteiger partial charge in [0, 0.05) is 6.07 Å². The highest BCUT2D eigenvalue weighted by Gasteiger charge is 2.13. The summed E-state index contributed by atoms with van der Waals surface area (Å²) in [5.41, 5.74) is 0.542. The third-order valence-corrected chi connectivity index (χ3v) is 2.42. The Hall–Kier alpha value is -2.14. The minimum atomic E-state index is -0.485. The average molecular weight is 265 g/mol. The molecule has 0 fully saturated rings. The summed E-state index contributed by atoms with van der Waals surface area (Å²) in [5, 5.41) is 11.1. The number of nitro groups is 1. The molecule has 0 amide bonds. The molecule has 0 atom stereocenters. The topological polar surface area (TPSA) is 65.3 Å². The van der Waals surface area contributed by atoms with Gasteiger partial charge in [0.15, 0.2) is 5.75 Å². The lowest BCUT2D eigenvalue weighted by molar-refractivity contribution is -0.385. The molecule has 1 aromatic heterocycles. The highest BCUT2D eigenvalue weighted by Crippen LogP contribution is 2.26. The number of aromatic nitrogens is 1. The normalized spacial score (nSPS) is 10.1. The van der Waals surface area contributed by atoms with E-state index in [0.717, 1.165) is 0 Å². The van der Waals surface area contributed by atoms with Gasteiger partial charge in [-0.15, -0.1) is 0 Å². The zero-order valence-electron chi connectivity index (χ0n) is 9.25. The van der Waals surface area contributed by atoms with Gasteiger partial charge in [0.1, 0.15) is 11.8 Å². The Morgan fingerprint density at radius 3 is 2.72 bits per heavy atom. The Kier molecular flexibility index (Phi) is 3.74. The van der Waals surface area contributed by atoms with Gasteiger partial charge in [0.05, 0.1) is 10.6 Å². The number of benzene rings is 1. The Bertz CT molecular complexity index is 575. The fourth-order valence-corrected chi connectivity index (χ4v) is 1.59. The van der Waals surface area contributed by atoms with Crippen molar-refractivity contribution in [3.05, 3.63) is 63.4 Å². The number of pyridine rings is 1. The van der Waals surface area contributed by atoms with Crippen LogP contribution in [-0.4, -0.2) is 9.91 Å².